The highest BCUT2D eigenvalue weighted by Gasteiger charge is 2.30. The van der Waals surface area contributed by atoms with Crippen LogP contribution in [0.25, 0.3) is 0 Å². The van der Waals surface area contributed by atoms with E-state index in [4.69, 9.17) is 34.8 Å². The molecular weight excluding hydrogens is 260 g/mol. The Morgan fingerprint density at radius 2 is 2.20 bits per heavy atom. The zero-order chi connectivity index (χ0) is 11.0. The van der Waals surface area contributed by atoms with E-state index in [1.807, 2.05) is 0 Å². The molecular formula is C8H6Cl3N3O. The number of hydrogen-bond donors (Lipinski definition) is 0. The molecule has 1 aliphatic rings. The van der Waals surface area contributed by atoms with E-state index in [-0.39, 0.29) is 21.7 Å². The molecule has 1 unspecified atom stereocenters. The van der Waals surface area contributed by atoms with E-state index < -0.39 is 0 Å². The molecule has 15 heavy (non-hydrogen) atoms. The van der Waals surface area contributed by atoms with Crippen molar-refractivity contribution in [3.05, 3.63) is 16.6 Å². The summed E-state index contributed by atoms with van der Waals surface area (Å²) in [5.74, 6) is -0.0807. The maximum Gasteiger partial charge on any atom is 0.228 e. The lowest BCUT2D eigenvalue weighted by Gasteiger charge is -2.15. The molecule has 1 aromatic rings. The topological polar surface area (TPSA) is 46.1 Å². The van der Waals surface area contributed by atoms with Crippen molar-refractivity contribution in [1.82, 2.24) is 9.97 Å². The van der Waals surface area contributed by atoms with Crippen molar-refractivity contribution in [2.45, 2.75) is 11.8 Å². The van der Waals surface area contributed by atoms with Gasteiger partial charge in [-0.2, -0.15) is 0 Å². The third-order valence-electron chi connectivity index (χ3n) is 2.06. The van der Waals surface area contributed by atoms with Gasteiger partial charge in [0.05, 0.1) is 11.6 Å². The SMILES string of the molecule is O=C1CC(Cl)CN1c1cnc(Cl)nc1Cl. The van der Waals surface area contributed by atoms with E-state index in [1.165, 1.54) is 11.1 Å². The zero-order valence-corrected chi connectivity index (χ0v) is 9.72. The first-order valence-corrected chi connectivity index (χ1v) is 5.39. The van der Waals surface area contributed by atoms with Crippen LogP contribution < -0.4 is 4.90 Å². The summed E-state index contributed by atoms with van der Waals surface area (Å²) in [7, 11) is 0. The van der Waals surface area contributed by atoms with Crippen LogP contribution in [0.3, 0.4) is 0 Å². The molecule has 1 aliphatic heterocycles. The van der Waals surface area contributed by atoms with Crippen LogP contribution >= 0.6 is 34.8 Å². The summed E-state index contributed by atoms with van der Waals surface area (Å²) in [6.07, 6.45) is 1.73. The van der Waals surface area contributed by atoms with Crippen LogP contribution in [0, 0.1) is 0 Å². The summed E-state index contributed by atoms with van der Waals surface area (Å²) >= 11 is 17.3. The van der Waals surface area contributed by atoms with Crippen molar-refractivity contribution < 1.29 is 4.79 Å². The van der Waals surface area contributed by atoms with Crippen LogP contribution in [0.5, 0.6) is 0 Å². The highest BCUT2D eigenvalue weighted by atomic mass is 35.5. The van der Waals surface area contributed by atoms with Crippen molar-refractivity contribution in [1.29, 1.82) is 0 Å². The summed E-state index contributed by atoms with van der Waals surface area (Å²) in [6.45, 7) is 0.422. The molecule has 2 rings (SSSR count). The number of carbonyl (C=O) groups is 1. The molecule has 1 aromatic heterocycles. The van der Waals surface area contributed by atoms with Gasteiger partial charge in [0.2, 0.25) is 11.2 Å². The Hall–Kier alpha value is -0.580. The Labute approximate surface area is 101 Å². The van der Waals surface area contributed by atoms with Crippen molar-refractivity contribution in [3.63, 3.8) is 0 Å². The highest BCUT2D eigenvalue weighted by Crippen LogP contribution is 2.29. The van der Waals surface area contributed by atoms with E-state index in [1.54, 1.807) is 0 Å². The lowest BCUT2D eigenvalue weighted by Crippen LogP contribution is -2.25. The second-order valence-electron chi connectivity index (χ2n) is 3.12. The number of hydrogen-bond acceptors (Lipinski definition) is 3. The van der Waals surface area contributed by atoms with E-state index >= 15 is 0 Å². The predicted octanol–water partition coefficient (Wildman–Crippen LogP) is 2.13. The Morgan fingerprint density at radius 3 is 2.73 bits per heavy atom. The lowest BCUT2D eigenvalue weighted by molar-refractivity contribution is -0.117. The van der Waals surface area contributed by atoms with E-state index in [0.717, 1.165) is 0 Å². The Morgan fingerprint density at radius 1 is 1.47 bits per heavy atom. The monoisotopic (exact) mass is 265 g/mol. The van der Waals surface area contributed by atoms with Crippen LogP contribution in [-0.2, 0) is 4.79 Å². The molecule has 1 fully saturated rings. The van der Waals surface area contributed by atoms with Gasteiger partial charge in [-0.15, -0.1) is 11.6 Å². The second kappa shape index (κ2) is 4.12. The van der Waals surface area contributed by atoms with Crippen LogP contribution in [0.1, 0.15) is 6.42 Å². The largest absolute Gasteiger partial charge is 0.307 e. The third kappa shape index (κ3) is 2.17. The van der Waals surface area contributed by atoms with Crippen molar-refractivity contribution in [2.75, 3.05) is 11.4 Å². The number of nitrogens with zero attached hydrogens (tertiary/aromatic N) is 3. The van der Waals surface area contributed by atoms with Crippen LogP contribution in [-0.4, -0.2) is 27.8 Å². The zero-order valence-electron chi connectivity index (χ0n) is 7.45. The first-order chi connectivity index (χ1) is 7.08. The molecule has 0 N–H and O–H groups in total. The van der Waals surface area contributed by atoms with Crippen molar-refractivity contribution in [2.24, 2.45) is 0 Å². The van der Waals surface area contributed by atoms with Gasteiger partial charge < -0.3 is 4.90 Å². The summed E-state index contributed by atoms with van der Waals surface area (Å²) in [4.78, 5) is 20.5. The minimum absolute atomic E-state index is 0.0535. The first-order valence-electron chi connectivity index (χ1n) is 4.20. The smallest absolute Gasteiger partial charge is 0.228 e. The summed E-state index contributed by atoms with van der Waals surface area (Å²) in [6, 6.07) is 0. The molecule has 1 saturated heterocycles. The van der Waals surface area contributed by atoms with Crippen LogP contribution in [0.4, 0.5) is 5.69 Å². The molecule has 0 radical (unpaired) electrons. The fourth-order valence-electron chi connectivity index (χ4n) is 1.41. The van der Waals surface area contributed by atoms with Gasteiger partial charge in [-0.1, -0.05) is 11.6 Å². The number of alkyl halides is 1. The predicted molar refractivity (Wildman–Crippen MR) is 58.7 cm³/mol. The minimum Gasteiger partial charge on any atom is -0.307 e. The molecule has 4 nitrogen and oxygen atoms in total. The molecule has 1 atom stereocenters. The number of amides is 1. The van der Waals surface area contributed by atoms with Crippen molar-refractivity contribution in [3.8, 4) is 0 Å². The van der Waals surface area contributed by atoms with E-state index in [2.05, 4.69) is 9.97 Å². The molecule has 7 heteroatoms. The number of aromatic nitrogens is 2. The lowest BCUT2D eigenvalue weighted by atomic mass is 10.4. The third-order valence-corrected chi connectivity index (χ3v) is 2.82. The Balaban J connectivity index is 2.34. The van der Waals surface area contributed by atoms with Gasteiger partial charge in [0.25, 0.3) is 0 Å². The van der Waals surface area contributed by atoms with Gasteiger partial charge in [-0.05, 0) is 11.6 Å². The maximum absolute atomic E-state index is 11.5. The van der Waals surface area contributed by atoms with E-state index in [0.29, 0.717) is 18.7 Å². The van der Waals surface area contributed by atoms with Crippen LogP contribution in [0.15, 0.2) is 6.20 Å². The molecule has 1 amide bonds. The maximum atomic E-state index is 11.5. The average molecular weight is 267 g/mol. The molecule has 0 aromatic carbocycles. The second-order valence-corrected chi connectivity index (χ2v) is 4.43. The average Bonchev–Trinajstić information content (AvgIpc) is 2.45. The molecule has 0 aliphatic carbocycles. The fourth-order valence-corrected chi connectivity index (χ4v) is 2.09. The van der Waals surface area contributed by atoms with Gasteiger partial charge in [0, 0.05) is 13.0 Å². The highest BCUT2D eigenvalue weighted by molar-refractivity contribution is 6.34. The minimum atomic E-state index is -0.191. The Bertz CT molecular complexity index is 412. The van der Waals surface area contributed by atoms with Gasteiger partial charge in [0.1, 0.15) is 5.69 Å². The first kappa shape index (κ1) is 10.9. The van der Waals surface area contributed by atoms with Gasteiger partial charge in [-0.25, -0.2) is 9.97 Å². The van der Waals surface area contributed by atoms with Gasteiger partial charge in [-0.3, -0.25) is 4.79 Å². The summed E-state index contributed by atoms with van der Waals surface area (Å²) < 4.78 is 0. The summed E-state index contributed by atoms with van der Waals surface area (Å²) in [5, 5.41) is 0.0242. The molecule has 0 saturated carbocycles. The summed E-state index contributed by atoms with van der Waals surface area (Å²) in [5.41, 5.74) is 0.453. The number of carbonyl (C=O) groups excluding carboxylic acids is 1. The molecule has 80 valence electrons. The number of rotatable bonds is 1. The quantitative estimate of drug-likeness (QED) is 0.444. The molecule has 2 heterocycles. The normalized spacial score (nSPS) is 21.1. The van der Waals surface area contributed by atoms with E-state index in [9.17, 15) is 4.79 Å². The fraction of sp³-hybridized carbons (Fsp3) is 0.375. The van der Waals surface area contributed by atoms with Crippen LogP contribution in [0.2, 0.25) is 10.4 Å². The number of anilines is 1. The van der Waals surface area contributed by atoms with Gasteiger partial charge in [0.15, 0.2) is 5.15 Å². The van der Waals surface area contributed by atoms with Crippen molar-refractivity contribution >= 4 is 46.4 Å². The Kier molecular flexibility index (Phi) is 3.00. The van der Waals surface area contributed by atoms with Gasteiger partial charge >= 0.3 is 0 Å². The standard InChI is InChI=1S/C8H6Cl3N3O/c9-4-1-6(15)14(3-4)5-2-12-8(11)13-7(5)10/h2,4H,1,3H2. The molecule has 0 spiro atoms. The molecule has 0 bridgehead atoms. The number of halogens is 3.